The number of amides is 2. The zero-order valence-electron chi connectivity index (χ0n) is 11.9. The van der Waals surface area contributed by atoms with E-state index in [0.717, 1.165) is 31.0 Å². The van der Waals surface area contributed by atoms with Crippen molar-refractivity contribution in [1.29, 1.82) is 0 Å². The van der Waals surface area contributed by atoms with Crippen molar-refractivity contribution >= 4 is 52.2 Å². The molecule has 4 nitrogen and oxygen atoms in total. The predicted octanol–water partition coefficient (Wildman–Crippen LogP) is 4.93. The second kappa shape index (κ2) is 7.40. The molecule has 0 aliphatic carbocycles. The van der Waals surface area contributed by atoms with Crippen molar-refractivity contribution in [2.45, 2.75) is 26.2 Å². The summed E-state index contributed by atoms with van der Waals surface area (Å²) in [5, 5.41) is 9.46. The van der Waals surface area contributed by atoms with Crippen LogP contribution in [0, 0.1) is 0 Å². The molecular weight excluding hydrogens is 345 g/mol. The molecule has 7 heteroatoms. The van der Waals surface area contributed by atoms with E-state index in [4.69, 9.17) is 23.2 Å². The highest BCUT2D eigenvalue weighted by Gasteiger charge is 2.34. The third kappa shape index (κ3) is 3.77. The Hall–Kier alpha value is -1.17. The monoisotopic (exact) mass is 359 g/mol. The van der Waals surface area contributed by atoms with E-state index in [1.807, 2.05) is 0 Å². The Labute approximate surface area is 143 Å². The van der Waals surface area contributed by atoms with Gasteiger partial charge in [0.25, 0.3) is 11.1 Å². The van der Waals surface area contributed by atoms with Crippen LogP contribution in [-0.4, -0.2) is 27.7 Å². The van der Waals surface area contributed by atoms with Gasteiger partial charge in [-0.3, -0.25) is 14.5 Å². The number of unbranched alkanes of at least 4 members (excludes halogenated alkanes) is 2. The summed E-state index contributed by atoms with van der Waals surface area (Å²) in [6, 6.07) is 2.99. The van der Waals surface area contributed by atoms with Gasteiger partial charge in [-0.1, -0.05) is 43.0 Å². The van der Waals surface area contributed by atoms with Crippen LogP contribution in [0.2, 0.25) is 10.0 Å². The lowest BCUT2D eigenvalue weighted by Gasteiger charge is -2.11. The number of carbonyl (C=O) groups is 2. The van der Waals surface area contributed by atoms with Crippen LogP contribution in [0.4, 0.5) is 4.79 Å². The summed E-state index contributed by atoms with van der Waals surface area (Å²) < 4.78 is 0. The molecule has 1 N–H and O–H groups in total. The maximum atomic E-state index is 12.3. The molecule has 0 bridgehead atoms. The largest absolute Gasteiger partial charge is 0.505 e. The van der Waals surface area contributed by atoms with E-state index in [-0.39, 0.29) is 26.9 Å². The van der Waals surface area contributed by atoms with Crippen molar-refractivity contribution in [3.63, 3.8) is 0 Å². The number of phenolic OH excluding ortho intramolecular Hbond substituents is 1. The van der Waals surface area contributed by atoms with Gasteiger partial charge in [-0.2, -0.15) is 0 Å². The van der Waals surface area contributed by atoms with Crippen molar-refractivity contribution in [3.05, 3.63) is 32.6 Å². The van der Waals surface area contributed by atoms with E-state index in [2.05, 4.69) is 6.92 Å². The van der Waals surface area contributed by atoms with Gasteiger partial charge in [-0.05, 0) is 42.0 Å². The van der Waals surface area contributed by atoms with Crippen LogP contribution in [-0.2, 0) is 4.79 Å². The molecule has 1 saturated heterocycles. The van der Waals surface area contributed by atoms with Crippen LogP contribution in [0.25, 0.3) is 6.08 Å². The number of benzene rings is 1. The summed E-state index contributed by atoms with van der Waals surface area (Å²) >= 11 is 12.6. The van der Waals surface area contributed by atoms with Gasteiger partial charge in [0.05, 0.1) is 15.0 Å². The molecule has 1 aromatic rings. The summed E-state index contributed by atoms with van der Waals surface area (Å²) in [4.78, 5) is 25.7. The first-order valence-electron chi connectivity index (χ1n) is 6.87. The van der Waals surface area contributed by atoms with Crippen molar-refractivity contribution in [2.75, 3.05) is 6.54 Å². The zero-order valence-corrected chi connectivity index (χ0v) is 14.3. The molecule has 1 aliphatic rings. The van der Waals surface area contributed by atoms with Crippen LogP contribution >= 0.6 is 35.0 Å². The molecule has 22 heavy (non-hydrogen) atoms. The SMILES string of the molecule is CCCCCN1C(=O)S/C(=C\c2cc(Cl)c(O)c(Cl)c2)C1=O. The van der Waals surface area contributed by atoms with Gasteiger partial charge in [0, 0.05) is 6.54 Å². The first-order valence-corrected chi connectivity index (χ1v) is 8.44. The summed E-state index contributed by atoms with van der Waals surface area (Å²) in [5.74, 6) is -0.500. The quantitative estimate of drug-likeness (QED) is 0.598. The van der Waals surface area contributed by atoms with Crippen LogP contribution in [0.5, 0.6) is 5.75 Å². The highest BCUT2D eigenvalue weighted by molar-refractivity contribution is 8.18. The second-order valence-electron chi connectivity index (χ2n) is 4.87. The average molecular weight is 360 g/mol. The Kier molecular flexibility index (Phi) is 5.78. The molecule has 1 aliphatic heterocycles. The Morgan fingerprint density at radius 3 is 2.45 bits per heavy atom. The van der Waals surface area contributed by atoms with Crippen molar-refractivity contribution in [3.8, 4) is 5.75 Å². The van der Waals surface area contributed by atoms with Gasteiger partial charge in [-0.25, -0.2) is 0 Å². The van der Waals surface area contributed by atoms with E-state index in [1.54, 1.807) is 6.08 Å². The molecule has 1 heterocycles. The first kappa shape index (κ1) is 17.2. The fourth-order valence-corrected chi connectivity index (χ4v) is 3.40. The maximum absolute atomic E-state index is 12.3. The third-order valence-corrected chi connectivity index (χ3v) is 4.68. The summed E-state index contributed by atoms with van der Waals surface area (Å²) in [6.45, 7) is 2.50. The van der Waals surface area contributed by atoms with Crippen molar-refractivity contribution in [1.82, 2.24) is 4.90 Å². The Morgan fingerprint density at radius 1 is 1.23 bits per heavy atom. The second-order valence-corrected chi connectivity index (χ2v) is 6.68. The third-order valence-electron chi connectivity index (χ3n) is 3.20. The van der Waals surface area contributed by atoms with Gasteiger partial charge in [0.15, 0.2) is 5.75 Å². The molecule has 0 unspecified atom stereocenters. The van der Waals surface area contributed by atoms with Crippen molar-refractivity contribution in [2.24, 2.45) is 0 Å². The number of carbonyl (C=O) groups excluding carboxylic acids is 2. The van der Waals surface area contributed by atoms with Crippen LogP contribution in [0.15, 0.2) is 17.0 Å². The number of aromatic hydroxyl groups is 1. The van der Waals surface area contributed by atoms with Crippen LogP contribution in [0.3, 0.4) is 0 Å². The van der Waals surface area contributed by atoms with E-state index in [9.17, 15) is 14.7 Å². The number of rotatable bonds is 5. The van der Waals surface area contributed by atoms with E-state index < -0.39 is 0 Å². The molecule has 1 aromatic carbocycles. The molecule has 0 radical (unpaired) electrons. The molecule has 0 atom stereocenters. The fourth-order valence-electron chi connectivity index (χ4n) is 2.03. The number of halogens is 2. The summed E-state index contributed by atoms with van der Waals surface area (Å²) in [6.07, 6.45) is 4.36. The highest BCUT2D eigenvalue weighted by atomic mass is 35.5. The number of hydrogen-bond donors (Lipinski definition) is 1. The smallest absolute Gasteiger partial charge is 0.293 e. The van der Waals surface area contributed by atoms with Crippen molar-refractivity contribution < 1.29 is 14.7 Å². The Balaban J connectivity index is 2.19. The molecule has 0 spiro atoms. The van der Waals surface area contributed by atoms with Gasteiger partial charge < -0.3 is 5.11 Å². The summed E-state index contributed by atoms with van der Waals surface area (Å²) in [5.41, 5.74) is 0.562. The topological polar surface area (TPSA) is 57.6 Å². The average Bonchev–Trinajstić information content (AvgIpc) is 2.72. The van der Waals surface area contributed by atoms with Gasteiger partial charge in [-0.15, -0.1) is 0 Å². The van der Waals surface area contributed by atoms with Gasteiger partial charge >= 0.3 is 0 Å². The number of hydrogen-bond acceptors (Lipinski definition) is 4. The van der Waals surface area contributed by atoms with Crippen LogP contribution < -0.4 is 0 Å². The van der Waals surface area contributed by atoms with Gasteiger partial charge in [0.2, 0.25) is 0 Å². The minimum absolute atomic E-state index is 0.0981. The number of nitrogens with zero attached hydrogens (tertiary/aromatic N) is 1. The zero-order chi connectivity index (χ0) is 16.3. The predicted molar refractivity (Wildman–Crippen MR) is 90.3 cm³/mol. The molecule has 0 saturated carbocycles. The minimum atomic E-state index is -0.300. The Bertz CT molecular complexity index is 623. The fraction of sp³-hybridized carbons (Fsp3) is 0.333. The first-order chi connectivity index (χ1) is 10.4. The number of thioether (sulfide) groups is 1. The number of phenols is 1. The molecule has 118 valence electrons. The van der Waals surface area contributed by atoms with E-state index >= 15 is 0 Å². The Morgan fingerprint density at radius 2 is 1.86 bits per heavy atom. The maximum Gasteiger partial charge on any atom is 0.293 e. The highest BCUT2D eigenvalue weighted by Crippen LogP contribution is 2.36. The van der Waals surface area contributed by atoms with Crippen LogP contribution in [0.1, 0.15) is 31.7 Å². The standard InChI is InChI=1S/C15H15Cl2NO3S/c1-2-3-4-5-18-14(20)12(22-15(18)21)8-9-6-10(16)13(19)11(17)7-9/h6-8,19H,2-5H2,1H3/b12-8-. The van der Waals surface area contributed by atoms with E-state index in [1.165, 1.54) is 17.0 Å². The van der Waals surface area contributed by atoms with E-state index in [0.29, 0.717) is 17.0 Å². The normalized spacial score (nSPS) is 16.9. The van der Waals surface area contributed by atoms with Gasteiger partial charge in [0.1, 0.15) is 0 Å². The molecule has 1 fully saturated rings. The summed E-state index contributed by atoms with van der Waals surface area (Å²) in [7, 11) is 0. The molecule has 2 amide bonds. The molecule has 0 aromatic heterocycles. The lowest BCUT2D eigenvalue weighted by atomic mass is 10.2. The lowest BCUT2D eigenvalue weighted by Crippen LogP contribution is -2.29. The number of imide groups is 1. The molecule has 2 rings (SSSR count). The lowest BCUT2D eigenvalue weighted by molar-refractivity contribution is -0.122. The molecular formula is C15H15Cl2NO3S. The minimum Gasteiger partial charge on any atom is -0.505 e.